The number of hydrogen-bond donors (Lipinski definition) is 1. The number of nitrogens with one attached hydrogen (secondary N) is 1. The van der Waals surface area contributed by atoms with Crippen LogP contribution in [0.4, 0.5) is 0 Å². The first-order chi connectivity index (χ1) is 10.2. The predicted molar refractivity (Wildman–Crippen MR) is 96.3 cm³/mol. The van der Waals surface area contributed by atoms with Crippen molar-refractivity contribution in [2.75, 3.05) is 13.1 Å². The van der Waals surface area contributed by atoms with Crippen molar-refractivity contribution in [1.82, 2.24) is 5.32 Å². The maximum Gasteiger partial charge on any atom is 0.0345 e. The van der Waals surface area contributed by atoms with E-state index in [-0.39, 0.29) is 0 Å². The lowest BCUT2D eigenvalue weighted by Gasteiger charge is -2.33. The van der Waals surface area contributed by atoms with Crippen molar-refractivity contribution < 1.29 is 0 Å². The Morgan fingerprint density at radius 1 is 1.14 bits per heavy atom. The first-order valence-electron chi connectivity index (χ1n) is 8.40. The Kier molecular flexibility index (Phi) is 6.25. The number of thiophene rings is 1. The maximum absolute atomic E-state index is 3.61. The van der Waals surface area contributed by atoms with E-state index in [1.54, 1.807) is 5.56 Å². The molecule has 0 radical (unpaired) electrons. The van der Waals surface area contributed by atoms with Gasteiger partial charge in [0.1, 0.15) is 0 Å². The minimum absolute atomic E-state index is 0.413. The summed E-state index contributed by atoms with van der Waals surface area (Å²) in [6, 6.07) is 8.84. The second-order valence-corrected chi connectivity index (χ2v) is 7.08. The number of unbranched alkanes of at least 4 members (excludes halogenated alkanes) is 1. The van der Waals surface area contributed by atoms with E-state index in [2.05, 4.69) is 55.7 Å². The molecule has 2 heteroatoms. The molecule has 0 saturated heterocycles. The summed E-state index contributed by atoms with van der Waals surface area (Å²) in [6.45, 7) is 9.08. The number of benzene rings is 1. The molecule has 1 N–H and O–H groups in total. The van der Waals surface area contributed by atoms with Crippen LogP contribution in [0, 0.1) is 5.41 Å². The highest BCUT2D eigenvalue weighted by Gasteiger charge is 2.28. The van der Waals surface area contributed by atoms with Gasteiger partial charge in [0.25, 0.3) is 0 Å². The van der Waals surface area contributed by atoms with E-state index < -0.39 is 0 Å². The van der Waals surface area contributed by atoms with Crippen LogP contribution >= 0.6 is 11.3 Å². The Labute approximate surface area is 133 Å². The first kappa shape index (κ1) is 16.5. The minimum Gasteiger partial charge on any atom is -0.316 e. The SMILES string of the molecule is CCCCC(CC)(CNCC)Cc1csc2ccccc12. The van der Waals surface area contributed by atoms with Crippen LogP contribution in [-0.4, -0.2) is 13.1 Å². The van der Waals surface area contributed by atoms with Crippen molar-refractivity contribution >= 4 is 21.4 Å². The molecule has 1 unspecified atom stereocenters. The van der Waals surface area contributed by atoms with Crippen LogP contribution in [0.5, 0.6) is 0 Å². The fourth-order valence-corrected chi connectivity index (χ4v) is 4.14. The van der Waals surface area contributed by atoms with Crippen molar-refractivity contribution in [1.29, 1.82) is 0 Å². The summed E-state index contributed by atoms with van der Waals surface area (Å²) in [5.41, 5.74) is 1.96. The lowest BCUT2D eigenvalue weighted by Crippen LogP contribution is -2.35. The first-order valence-corrected chi connectivity index (χ1v) is 9.28. The zero-order valence-corrected chi connectivity index (χ0v) is 14.6. The molecule has 2 rings (SSSR count). The predicted octanol–water partition coefficient (Wildman–Crippen LogP) is 5.64. The molecule has 0 aliphatic rings. The maximum atomic E-state index is 3.61. The standard InChI is InChI=1S/C19H29NS/c1-4-7-12-19(5-2,15-20-6-3)13-16-14-21-18-11-9-8-10-17(16)18/h8-11,14,20H,4-7,12-13,15H2,1-3H3. The molecule has 1 atom stereocenters. The molecule has 0 aliphatic carbocycles. The molecule has 0 amide bonds. The van der Waals surface area contributed by atoms with Gasteiger partial charge in [0.2, 0.25) is 0 Å². The Morgan fingerprint density at radius 2 is 1.95 bits per heavy atom. The quantitative estimate of drug-likeness (QED) is 0.632. The van der Waals surface area contributed by atoms with Gasteiger partial charge in [-0.05, 0) is 53.6 Å². The van der Waals surface area contributed by atoms with Crippen LogP contribution in [0.3, 0.4) is 0 Å². The van der Waals surface area contributed by atoms with Gasteiger partial charge in [0.15, 0.2) is 0 Å². The van der Waals surface area contributed by atoms with Crippen molar-refractivity contribution in [3.63, 3.8) is 0 Å². The summed E-state index contributed by atoms with van der Waals surface area (Å²) >= 11 is 1.89. The highest BCUT2D eigenvalue weighted by molar-refractivity contribution is 7.17. The zero-order valence-electron chi connectivity index (χ0n) is 13.7. The van der Waals surface area contributed by atoms with Crippen LogP contribution in [0.15, 0.2) is 29.6 Å². The molecule has 0 aliphatic heterocycles. The molecular formula is C19H29NS. The summed E-state index contributed by atoms with van der Waals surface area (Å²) in [4.78, 5) is 0. The van der Waals surface area contributed by atoms with Crippen molar-refractivity contribution in [3.8, 4) is 0 Å². The summed E-state index contributed by atoms with van der Waals surface area (Å²) in [6.07, 6.45) is 6.42. The average Bonchev–Trinajstić information content (AvgIpc) is 2.93. The van der Waals surface area contributed by atoms with Crippen molar-refractivity contribution in [2.24, 2.45) is 5.41 Å². The Bertz CT molecular complexity index is 535. The van der Waals surface area contributed by atoms with Crippen LogP contribution in [-0.2, 0) is 6.42 Å². The molecule has 1 nitrogen and oxygen atoms in total. The average molecular weight is 304 g/mol. The molecule has 0 spiro atoms. The lowest BCUT2D eigenvalue weighted by atomic mass is 9.75. The summed E-state index contributed by atoms with van der Waals surface area (Å²) in [5, 5.41) is 7.46. The normalized spacial score (nSPS) is 14.4. The van der Waals surface area contributed by atoms with Gasteiger partial charge in [-0.2, -0.15) is 0 Å². The van der Waals surface area contributed by atoms with Gasteiger partial charge in [0, 0.05) is 11.2 Å². The molecule has 0 saturated carbocycles. The third-order valence-corrected chi connectivity index (χ3v) is 5.70. The van der Waals surface area contributed by atoms with E-state index in [0.717, 1.165) is 13.1 Å². The second-order valence-electron chi connectivity index (χ2n) is 6.17. The van der Waals surface area contributed by atoms with Gasteiger partial charge < -0.3 is 5.32 Å². The molecule has 0 fully saturated rings. The van der Waals surface area contributed by atoms with Crippen molar-refractivity contribution in [2.45, 2.75) is 52.9 Å². The van der Waals surface area contributed by atoms with E-state index >= 15 is 0 Å². The largest absolute Gasteiger partial charge is 0.316 e. The van der Waals surface area contributed by atoms with Gasteiger partial charge in [-0.15, -0.1) is 11.3 Å². The van der Waals surface area contributed by atoms with E-state index in [1.807, 2.05) is 11.3 Å². The number of hydrogen-bond acceptors (Lipinski definition) is 2. The fraction of sp³-hybridized carbons (Fsp3) is 0.579. The second kappa shape index (κ2) is 7.95. The highest BCUT2D eigenvalue weighted by Crippen LogP contribution is 2.36. The topological polar surface area (TPSA) is 12.0 Å². The van der Waals surface area contributed by atoms with Gasteiger partial charge in [-0.3, -0.25) is 0 Å². The van der Waals surface area contributed by atoms with Gasteiger partial charge in [-0.25, -0.2) is 0 Å². The Morgan fingerprint density at radius 3 is 2.67 bits per heavy atom. The molecular weight excluding hydrogens is 274 g/mol. The lowest BCUT2D eigenvalue weighted by molar-refractivity contribution is 0.231. The molecule has 1 heterocycles. The molecule has 0 bridgehead atoms. The highest BCUT2D eigenvalue weighted by atomic mass is 32.1. The van der Waals surface area contributed by atoms with Gasteiger partial charge in [-0.1, -0.05) is 51.8 Å². The van der Waals surface area contributed by atoms with Gasteiger partial charge in [0.05, 0.1) is 0 Å². The molecule has 1 aromatic carbocycles. The van der Waals surface area contributed by atoms with E-state index in [1.165, 1.54) is 42.2 Å². The van der Waals surface area contributed by atoms with Crippen LogP contribution < -0.4 is 5.32 Å². The number of fused-ring (bicyclic) bond motifs is 1. The number of rotatable bonds is 9. The Balaban J connectivity index is 2.23. The summed E-state index contributed by atoms with van der Waals surface area (Å²) in [7, 11) is 0. The third-order valence-electron chi connectivity index (χ3n) is 4.69. The monoisotopic (exact) mass is 303 g/mol. The molecule has 21 heavy (non-hydrogen) atoms. The minimum atomic E-state index is 0.413. The van der Waals surface area contributed by atoms with Crippen LogP contribution in [0.2, 0.25) is 0 Å². The van der Waals surface area contributed by atoms with Gasteiger partial charge >= 0.3 is 0 Å². The third kappa shape index (κ3) is 4.08. The zero-order chi connectivity index (χ0) is 15.1. The van der Waals surface area contributed by atoms with Crippen molar-refractivity contribution in [3.05, 3.63) is 35.2 Å². The molecule has 1 aromatic heterocycles. The summed E-state index contributed by atoms with van der Waals surface area (Å²) < 4.78 is 1.43. The van der Waals surface area contributed by atoms with Crippen LogP contribution in [0.1, 0.15) is 52.0 Å². The molecule has 2 aromatic rings. The smallest absolute Gasteiger partial charge is 0.0345 e. The van der Waals surface area contributed by atoms with E-state index in [4.69, 9.17) is 0 Å². The fourth-order valence-electron chi connectivity index (χ4n) is 3.18. The van der Waals surface area contributed by atoms with E-state index in [0.29, 0.717) is 5.41 Å². The van der Waals surface area contributed by atoms with E-state index in [9.17, 15) is 0 Å². The van der Waals surface area contributed by atoms with Crippen LogP contribution in [0.25, 0.3) is 10.1 Å². The Hall–Kier alpha value is -0.860. The molecule has 116 valence electrons. The summed E-state index contributed by atoms with van der Waals surface area (Å²) in [5.74, 6) is 0.